The largest absolute Gasteiger partial charge is 0.494 e. The molecule has 2 aliphatic heterocycles. The molecule has 43 heavy (non-hydrogen) atoms. The first-order valence-corrected chi connectivity index (χ1v) is 14.7. The molecule has 1 aromatic carbocycles. The van der Waals surface area contributed by atoms with Crippen molar-refractivity contribution in [1.29, 1.82) is 0 Å². The maximum Gasteiger partial charge on any atom is 0.292 e. The predicted octanol–water partition coefficient (Wildman–Crippen LogP) is 4.73. The lowest BCUT2D eigenvalue weighted by Gasteiger charge is -2.39. The number of H-pyrrole nitrogens is 1. The average Bonchev–Trinajstić information content (AvgIpc) is 3.41. The van der Waals surface area contributed by atoms with Crippen LogP contribution in [0.25, 0.3) is 28.0 Å². The number of carbonyl (C=O) groups is 1. The highest BCUT2D eigenvalue weighted by Crippen LogP contribution is 2.50. The maximum absolute atomic E-state index is 14.3. The molecule has 1 saturated carbocycles. The molecule has 0 radical (unpaired) electrons. The number of halogens is 1. The molecule has 5 aromatic rings. The Balaban J connectivity index is 1.14. The first kappa shape index (κ1) is 25.8. The number of anilines is 1. The van der Waals surface area contributed by atoms with Crippen molar-refractivity contribution in [2.45, 2.75) is 62.4 Å². The van der Waals surface area contributed by atoms with Crippen LogP contribution in [0, 0.1) is 5.82 Å². The second-order valence-electron chi connectivity index (χ2n) is 11.7. The monoisotopic (exact) mass is 579 g/mol. The van der Waals surface area contributed by atoms with Crippen LogP contribution in [0.3, 0.4) is 0 Å². The van der Waals surface area contributed by atoms with E-state index in [1.54, 1.807) is 29.0 Å². The summed E-state index contributed by atoms with van der Waals surface area (Å²) in [5.41, 5.74) is 12.7. The third kappa shape index (κ3) is 4.23. The molecule has 218 valence electrons. The van der Waals surface area contributed by atoms with Crippen LogP contribution in [0.4, 0.5) is 10.2 Å². The van der Waals surface area contributed by atoms with Gasteiger partial charge in [-0.25, -0.2) is 9.37 Å². The summed E-state index contributed by atoms with van der Waals surface area (Å²) in [5.74, 6) is 1.17. The van der Waals surface area contributed by atoms with E-state index in [0.29, 0.717) is 34.5 Å². The summed E-state index contributed by atoms with van der Waals surface area (Å²) >= 11 is 0. The first-order chi connectivity index (χ1) is 21.0. The molecule has 4 aromatic heterocycles. The quantitative estimate of drug-likeness (QED) is 0.294. The maximum atomic E-state index is 14.3. The number of carbonyl (C=O) groups excluding carboxylic acids is 1. The van der Waals surface area contributed by atoms with Crippen molar-refractivity contribution >= 4 is 17.4 Å². The van der Waals surface area contributed by atoms with Crippen molar-refractivity contribution in [1.82, 2.24) is 39.7 Å². The number of hydrogen-bond acceptors (Lipinski definition) is 8. The highest BCUT2D eigenvalue weighted by Gasteiger charge is 2.46. The number of aromatic amines is 1. The summed E-state index contributed by atoms with van der Waals surface area (Å²) < 4.78 is 21.1. The number of hydrogen-bond donors (Lipinski definition) is 2. The number of benzene rings is 1. The lowest BCUT2D eigenvalue weighted by molar-refractivity contribution is 0.0557. The topological polar surface area (TPSA) is 140 Å². The lowest BCUT2D eigenvalue weighted by Crippen LogP contribution is -2.46. The molecule has 1 aliphatic carbocycles. The highest BCUT2D eigenvalue weighted by molar-refractivity contribution is 5.91. The fourth-order valence-corrected chi connectivity index (χ4v) is 7.06. The zero-order valence-corrected chi connectivity index (χ0v) is 23.6. The Morgan fingerprint density at radius 2 is 1.84 bits per heavy atom. The van der Waals surface area contributed by atoms with Crippen molar-refractivity contribution in [3.8, 4) is 28.1 Å². The van der Waals surface area contributed by atoms with Gasteiger partial charge in [0, 0.05) is 46.5 Å². The van der Waals surface area contributed by atoms with Gasteiger partial charge >= 0.3 is 0 Å². The van der Waals surface area contributed by atoms with Crippen LogP contribution in [0.2, 0.25) is 0 Å². The zero-order chi connectivity index (χ0) is 29.2. The van der Waals surface area contributed by atoms with Gasteiger partial charge in [-0.2, -0.15) is 9.61 Å². The minimum absolute atomic E-state index is 0.0832. The highest BCUT2D eigenvalue weighted by atomic mass is 19.1. The number of nitrogens with zero attached hydrogens (tertiary/aromatic N) is 7. The average molecular weight is 580 g/mol. The Bertz CT molecular complexity index is 1840. The van der Waals surface area contributed by atoms with Crippen molar-refractivity contribution in [2.24, 2.45) is 0 Å². The molecule has 8 rings (SSSR count). The van der Waals surface area contributed by atoms with Crippen LogP contribution < -0.4 is 10.5 Å². The van der Waals surface area contributed by atoms with Gasteiger partial charge in [-0.1, -0.05) is 6.07 Å². The van der Waals surface area contributed by atoms with E-state index in [1.807, 2.05) is 17.0 Å². The minimum atomic E-state index is -0.436. The number of ether oxygens (including phenoxy) is 1. The van der Waals surface area contributed by atoms with Crippen LogP contribution in [-0.4, -0.2) is 64.8 Å². The SMILES string of the molecule is COc1ccc(-c2ccc(-c3cnn4c(N)c(C5CC5)c([C@H]5C[C@H]6CC[C@@H](C5)N6C(=O)c5nnc[nH]5)nc34)cn2)cc1F. The molecule has 1 amide bonds. The fourth-order valence-electron chi connectivity index (χ4n) is 7.06. The Morgan fingerprint density at radius 3 is 2.49 bits per heavy atom. The Hall–Kier alpha value is -4.87. The van der Waals surface area contributed by atoms with Gasteiger partial charge in [-0.3, -0.25) is 9.78 Å². The van der Waals surface area contributed by atoms with Crippen molar-refractivity contribution < 1.29 is 13.9 Å². The molecule has 3 aliphatic rings. The number of amides is 1. The lowest BCUT2D eigenvalue weighted by atomic mass is 9.85. The van der Waals surface area contributed by atoms with Gasteiger partial charge in [0.1, 0.15) is 12.1 Å². The molecule has 6 heterocycles. The summed E-state index contributed by atoms with van der Waals surface area (Å²) in [5, 5.41) is 12.4. The number of nitrogen functional groups attached to an aromatic ring is 1. The Morgan fingerprint density at radius 1 is 1.05 bits per heavy atom. The molecule has 0 spiro atoms. The molecular formula is C31H30FN9O2. The molecule has 3 fully saturated rings. The van der Waals surface area contributed by atoms with E-state index in [9.17, 15) is 9.18 Å². The molecule has 0 unspecified atom stereocenters. The van der Waals surface area contributed by atoms with E-state index in [-0.39, 0.29) is 29.7 Å². The van der Waals surface area contributed by atoms with Crippen LogP contribution in [0.5, 0.6) is 5.75 Å². The van der Waals surface area contributed by atoms with E-state index in [0.717, 1.165) is 60.9 Å². The van der Waals surface area contributed by atoms with Gasteiger partial charge in [-0.05, 0) is 68.7 Å². The molecule has 2 bridgehead atoms. The van der Waals surface area contributed by atoms with Gasteiger partial charge in [0.05, 0.1) is 24.7 Å². The number of piperidine rings is 1. The van der Waals surface area contributed by atoms with Crippen molar-refractivity contribution in [3.63, 3.8) is 0 Å². The Kier molecular flexibility index (Phi) is 5.92. The van der Waals surface area contributed by atoms with Crippen molar-refractivity contribution in [3.05, 3.63) is 72.0 Å². The summed E-state index contributed by atoms with van der Waals surface area (Å²) in [6.07, 6.45) is 10.7. The molecule has 12 heteroatoms. The van der Waals surface area contributed by atoms with Crippen LogP contribution in [-0.2, 0) is 0 Å². The smallest absolute Gasteiger partial charge is 0.292 e. The number of methoxy groups -OCH3 is 1. The first-order valence-electron chi connectivity index (χ1n) is 14.7. The fraction of sp³-hybridized carbons (Fsp3) is 0.355. The number of nitrogens with one attached hydrogen (secondary N) is 1. The standard InChI is InChI=1S/C31H30FN9O2/c1-43-25-9-5-17(12-23(25)32)24-8-4-18(13-34-24)22-14-37-41-28(33)26(16-2-3-16)27(38-30(22)41)19-10-20-6-7-21(11-19)40(20)31(42)29-35-15-36-39-29/h4-5,8-9,12-16,19-21H,2-3,6-7,10-11,33H2,1H3,(H,35,36,39)/t19-,20+,21-. The summed E-state index contributed by atoms with van der Waals surface area (Å²) in [6, 6.07) is 8.85. The Labute approximate surface area is 246 Å². The van der Waals surface area contributed by atoms with E-state index in [4.69, 9.17) is 15.5 Å². The summed E-state index contributed by atoms with van der Waals surface area (Å²) in [4.78, 5) is 28.0. The molecule has 11 nitrogen and oxygen atoms in total. The third-order valence-electron chi connectivity index (χ3n) is 9.23. The van der Waals surface area contributed by atoms with E-state index in [2.05, 4.69) is 25.3 Å². The number of aromatic nitrogens is 7. The predicted molar refractivity (Wildman–Crippen MR) is 156 cm³/mol. The van der Waals surface area contributed by atoms with Crippen LogP contribution in [0.1, 0.15) is 72.2 Å². The van der Waals surface area contributed by atoms with E-state index in [1.165, 1.54) is 19.5 Å². The van der Waals surface area contributed by atoms with E-state index >= 15 is 0 Å². The molecule has 3 atom stereocenters. The van der Waals surface area contributed by atoms with Gasteiger partial charge in [0.2, 0.25) is 5.82 Å². The third-order valence-corrected chi connectivity index (χ3v) is 9.23. The molecular weight excluding hydrogens is 549 g/mol. The summed E-state index contributed by atoms with van der Waals surface area (Å²) in [7, 11) is 1.44. The second kappa shape index (κ2) is 9.85. The number of fused-ring (bicyclic) bond motifs is 3. The summed E-state index contributed by atoms with van der Waals surface area (Å²) in [6.45, 7) is 0. The van der Waals surface area contributed by atoms with Crippen molar-refractivity contribution in [2.75, 3.05) is 12.8 Å². The van der Waals surface area contributed by atoms with Crippen LogP contribution in [0.15, 0.2) is 49.1 Å². The molecule has 2 saturated heterocycles. The van der Waals surface area contributed by atoms with Gasteiger partial charge in [0.25, 0.3) is 5.91 Å². The van der Waals surface area contributed by atoms with Gasteiger partial charge < -0.3 is 20.4 Å². The van der Waals surface area contributed by atoms with E-state index < -0.39 is 5.82 Å². The van der Waals surface area contributed by atoms with Crippen LogP contribution >= 0.6 is 0 Å². The normalized spacial score (nSPS) is 21.4. The second-order valence-corrected chi connectivity index (χ2v) is 11.7. The number of pyridine rings is 1. The minimum Gasteiger partial charge on any atom is -0.494 e. The van der Waals surface area contributed by atoms with Gasteiger partial charge in [-0.15, -0.1) is 10.2 Å². The molecule has 3 N–H and O–H groups in total. The number of nitrogens with two attached hydrogens (primary N) is 1. The number of rotatable bonds is 6. The zero-order valence-electron chi connectivity index (χ0n) is 23.6. The van der Waals surface area contributed by atoms with Gasteiger partial charge in [0.15, 0.2) is 17.2 Å².